The zero-order valence-corrected chi connectivity index (χ0v) is 12.3. The van der Waals surface area contributed by atoms with Gasteiger partial charge in [0.05, 0.1) is 10.5 Å². The van der Waals surface area contributed by atoms with Crippen LogP contribution in [0, 0.1) is 10.1 Å². The molecule has 0 fully saturated rings. The summed E-state index contributed by atoms with van der Waals surface area (Å²) in [5.74, 6) is -1.05. The minimum atomic E-state index is -1.05. The number of anilines is 1. The number of carboxylic acids is 1. The van der Waals surface area contributed by atoms with Crippen LogP contribution in [0.1, 0.15) is 15.9 Å². The maximum atomic E-state index is 11.1. The molecule has 0 heterocycles. The number of aromatic carboxylic acids is 1. The summed E-state index contributed by atoms with van der Waals surface area (Å²) in [5.41, 5.74) is 0.993. The Kier molecular flexibility index (Phi) is 4.54. The van der Waals surface area contributed by atoms with Crippen molar-refractivity contribution in [3.63, 3.8) is 0 Å². The summed E-state index contributed by atoms with van der Waals surface area (Å²) >= 11 is 3.19. The van der Waals surface area contributed by atoms with Gasteiger partial charge in [0.1, 0.15) is 0 Å². The van der Waals surface area contributed by atoms with Crippen LogP contribution in [0.15, 0.2) is 46.9 Å². The molecule has 0 aliphatic rings. The van der Waals surface area contributed by atoms with Gasteiger partial charge >= 0.3 is 5.97 Å². The smallest absolute Gasteiger partial charge is 0.337 e. The van der Waals surface area contributed by atoms with Crippen LogP contribution in [0.2, 0.25) is 0 Å². The molecule has 21 heavy (non-hydrogen) atoms. The highest BCUT2D eigenvalue weighted by molar-refractivity contribution is 9.10. The third-order valence-corrected chi connectivity index (χ3v) is 3.36. The van der Waals surface area contributed by atoms with Gasteiger partial charge in [-0.3, -0.25) is 10.1 Å². The monoisotopic (exact) mass is 350 g/mol. The molecule has 0 aromatic heterocycles. The quantitative estimate of drug-likeness (QED) is 0.633. The zero-order chi connectivity index (χ0) is 15.4. The molecule has 2 rings (SSSR count). The molecule has 0 spiro atoms. The summed E-state index contributed by atoms with van der Waals surface area (Å²) < 4.78 is 0.615. The first-order chi connectivity index (χ1) is 9.99. The lowest BCUT2D eigenvalue weighted by Crippen LogP contribution is -2.07. The average molecular weight is 351 g/mol. The second-order valence-electron chi connectivity index (χ2n) is 4.23. The molecule has 0 unspecified atom stereocenters. The van der Waals surface area contributed by atoms with Crippen LogP contribution in [0.4, 0.5) is 11.4 Å². The molecule has 0 bridgehead atoms. The van der Waals surface area contributed by atoms with Gasteiger partial charge in [-0.2, -0.15) is 0 Å². The van der Waals surface area contributed by atoms with Crippen LogP contribution >= 0.6 is 15.9 Å². The minimum Gasteiger partial charge on any atom is -0.478 e. The number of para-hydroxylation sites is 1. The van der Waals surface area contributed by atoms with Gasteiger partial charge in [0.2, 0.25) is 0 Å². The SMILES string of the molecule is O=C(O)c1ccccc1NCc1ccc(Br)cc1[N+](=O)[O-]. The molecule has 6 nitrogen and oxygen atoms in total. The van der Waals surface area contributed by atoms with Gasteiger partial charge in [-0.1, -0.05) is 28.1 Å². The fourth-order valence-corrected chi connectivity index (χ4v) is 2.22. The number of nitrogens with one attached hydrogen (secondary N) is 1. The lowest BCUT2D eigenvalue weighted by Gasteiger charge is -2.10. The highest BCUT2D eigenvalue weighted by Gasteiger charge is 2.15. The molecule has 0 atom stereocenters. The highest BCUT2D eigenvalue weighted by Crippen LogP contribution is 2.25. The van der Waals surface area contributed by atoms with E-state index in [1.165, 1.54) is 12.1 Å². The van der Waals surface area contributed by atoms with Gasteiger partial charge in [-0.05, 0) is 24.3 Å². The van der Waals surface area contributed by atoms with E-state index in [9.17, 15) is 14.9 Å². The van der Waals surface area contributed by atoms with Crippen LogP contribution in [0.25, 0.3) is 0 Å². The molecule has 0 saturated heterocycles. The van der Waals surface area contributed by atoms with Crippen molar-refractivity contribution in [2.45, 2.75) is 6.54 Å². The van der Waals surface area contributed by atoms with E-state index in [0.29, 0.717) is 15.7 Å². The van der Waals surface area contributed by atoms with E-state index in [1.807, 2.05) is 0 Å². The van der Waals surface area contributed by atoms with E-state index in [1.54, 1.807) is 30.3 Å². The molecule has 0 saturated carbocycles. The molecule has 0 radical (unpaired) electrons. The molecule has 0 aliphatic heterocycles. The fourth-order valence-electron chi connectivity index (χ4n) is 1.87. The Hall–Kier alpha value is -2.41. The average Bonchev–Trinajstić information content (AvgIpc) is 2.46. The van der Waals surface area contributed by atoms with Gasteiger partial charge in [0.25, 0.3) is 5.69 Å². The molecule has 0 amide bonds. The van der Waals surface area contributed by atoms with Crippen LogP contribution in [-0.4, -0.2) is 16.0 Å². The Morgan fingerprint density at radius 2 is 2.00 bits per heavy atom. The Morgan fingerprint density at radius 1 is 1.29 bits per heavy atom. The number of halogens is 1. The molecule has 2 aromatic carbocycles. The van der Waals surface area contributed by atoms with Crippen molar-refractivity contribution in [2.75, 3.05) is 5.32 Å². The Morgan fingerprint density at radius 3 is 2.67 bits per heavy atom. The predicted molar refractivity (Wildman–Crippen MR) is 81.5 cm³/mol. The maximum Gasteiger partial charge on any atom is 0.337 e. The number of benzene rings is 2. The molecule has 0 aliphatic carbocycles. The van der Waals surface area contributed by atoms with Crippen molar-refractivity contribution in [3.05, 3.63) is 68.2 Å². The number of nitro groups is 1. The van der Waals surface area contributed by atoms with E-state index in [-0.39, 0.29) is 17.8 Å². The minimum absolute atomic E-state index is 0.0234. The number of rotatable bonds is 5. The van der Waals surface area contributed by atoms with Crippen LogP contribution in [0.3, 0.4) is 0 Å². The van der Waals surface area contributed by atoms with Crippen LogP contribution in [-0.2, 0) is 6.54 Å². The predicted octanol–water partition coefficient (Wildman–Crippen LogP) is 3.67. The normalized spacial score (nSPS) is 10.1. The highest BCUT2D eigenvalue weighted by atomic mass is 79.9. The first kappa shape index (κ1) is 15.0. The molecular weight excluding hydrogens is 340 g/mol. The third-order valence-electron chi connectivity index (χ3n) is 2.87. The van der Waals surface area contributed by atoms with Gasteiger partial charge in [-0.15, -0.1) is 0 Å². The zero-order valence-electron chi connectivity index (χ0n) is 10.7. The second kappa shape index (κ2) is 6.36. The Bertz CT molecular complexity index is 703. The van der Waals surface area contributed by atoms with E-state index >= 15 is 0 Å². The molecule has 108 valence electrons. The number of nitro benzene ring substituents is 1. The first-order valence-electron chi connectivity index (χ1n) is 5.98. The molecular formula is C14H11BrN2O4. The fraction of sp³-hybridized carbons (Fsp3) is 0.0714. The van der Waals surface area contributed by atoms with Gasteiger partial charge < -0.3 is 10.4 Å². The van der Waals surface area contributed by atoms with Crippen molar-refractivity contribution < 1.29 is 14.8 Å². The van der Waals surface area contributed by atoms with Crippen molar-refractivity contribution in [1.29, 1.82) is 0 Å². The lowest BCUT2D eigenvalue weighted by molar-refractivity contribution is -0.385. The number of hydrogen-bond donors (Lipinski definition) is 2. The number of nitrogens with zero attached hydrogens (tertiary/aromatic N) is 1. The largest absolute Gasteiger partial charge is 0.478 e. The summed E-state index contributed by atoms with van der Waals surface area (Å²) in [4.78, 5) is 21.7. The van der Waals surface area contributed by atoms with E-state index < -0.39 is 10.9 Å². The summed E-state index contributed by atoms with van der Waals surface area (Å²) in [6, 6.07) is 11.2. The second-order valence-corrected chi connectivity index (χ2v) is 5.15. The van der Waals surface area contributed by atoms with Gasteiger partial charge in [0.15, 0.2) is 0 Å². The number of hydrogen-bond acceptors (Lipinski definition) is 4. The number of carbonyl (C=O) groups is 1. The standard InChI is InChI=1S/C14H11BrN2O4/c15-10-6-5-9(13(7-10)17(20)21)8-16-12-4-2-1-3-11(12)14(18)19/h1-7,16H,8H2,(H,18,19). The van der Waals surface area contributed by atoms with Gasteiger partial charge in [0, 0.05) is 28.3 Å². The van der Waals surface area contributed by atoms with Crippen molar-refractivity contribution in [1.82, 2.24) is 0 Å². The molecule has 2 aromatic rings. The molecule has 2 N–H and O–H groups in total. The van der Waals surface area contributed by atoms with E-state index in [0.717, 1.165) is 0 Å². The first-order valence-corrected chi connectivity index (χ1v) is 6.77. The lowest BCUT2D eigenvalue weighted by atomic mass is 10.1. The maximum absolute atomic E-state index is 11.1. The van der Waals surface area contributed by atoms with Crippen molar-refractivity contribution in [3.8, 4) is 0 Å². The van der Waals surface area contributed by atoms with Gasteiger partial charge in [-0.25, -0.2) is 4.79 Å². The van der Waals surface area contributed by atoms with Crippen molar-refractivity contribution >= 4 is 33.3 Å². The van der Waals surface area contributed by atoms with Crippen molar-refractivity contribution in [2.24, 2.45) is 0 Å². The Balaban J connectivity index is 2.25. The van der Waals surface area contributed by atoms with E-state index in [4.69, 9.17) is 5.11 Å². The van der Waals surface area contributed by atoms with Crippen LogP contribution in [0.5, 0.6) is 0 Å². The topological polar surface area (TPSA) is 92.5 Å². The summed E-state index contributed by atoms with van der Waals surface area (Å²) in [6.07, 6.45) is 0. The summed E-state index contributed by atoms with van der Waals surface area (Å²) in [6.45, 7) is 0.161. The Labute approximate surface area is 128 Å². The van der Waals surface area contributed by atoms with E-state index in [2.05, 4.69) is 21.2 Å². The summed E-state index contributed by atoms with van der Waals surface area (Å²) in [5, 5.41) is 23.0. The summed E-state index contributed by atoms with van der Waals surface area (Å²) in [7, 11) is 0. The van der Waals surface area contributed by atoms with Crippen LogP contribution < -0.4 is 5.32 Å². The third kappa shape index (κ3) is 3.57. The number of carboxylic acid groups (broad SMARTS) is 1. The molecule has 7 heteroatoms.